The summed E-state index contributed by atoms with van der Waals surface area (Å²) in [5.74, 6) is 0.212. The van der Waals surface area contributed by atoms with Crippen LogP contribution in [0, 0.1) is 5.82 Å². The number of rotatable bonds is 4. The Hall–Kier alpha value is -2.40. The number of hydrogen-bond acceptors (Lipinski definition) is 3. The second kappa shape index (κ2) is 7.66. The molecule has 0 aliphatic carbocycles. The summed E-state index contributed by atoms with van der Waals surface area (Å²) in [6.45, 7) is 3.87. The van der Waals surface area contributed by atoms with Crippen LogP contribution in [0.25, 0.3) is 0 Å². The number of nitrogens with zero attached hydrogens (tertiary/aromatic N) is 1. The van der Waals surface area contributed by atoms with Gasteiger partial charge >= 0.3 is 0 Å². The minimum absolute atomic E-state index is 0.0454. The summed E-state index contributed by atoms with van der Waals surface area (Å²) < 4.78 is 18.9. The molecule has 1 amide bonds. The third-order valence-corrected chi connectivity index (χ3v) is 4.72. The van der Waals surface area contributed by atoms with Gasteiger partial charge in [0.2, 0.25) is 5.91 Å². The highest BCUT2D eigenvalue weighted by atomic mass is 19.1. The monoisotopic (exact) mass is 342 g/mol. The zero-order valence-electron chi connectivity index (χ0n) is 14.5. The lowest BCUT2D eigenvalue weighted by Crippen LogP contribution is -2.49. The molecule has 0 spiro atoms. The molecule has 0 bridgehead atoms. The number of piperazine rings is 1. The van der Waals surface area contributed by atoms with Gasteiger partial charge in [-0.05, 0) is 42.3 Å². The third-order valence-electron chi connectivity index (χ3n) is 4.72. The van der Waals surface area contributed by atoms with Crippen molar-refractivity contribution in [3.63, 3.8) is 0 Å². The number of ether oxygens (including phenoxy) is 1. The molecule has 25 heavy (non-hydrogen) atoms. The van der Waals surface area contributed by atoms with Crippen molar-refractivity contribution in [3.05, 3.63) is 65.5 Å². The van der Waals surface area contributed by atoms with E-state index in [1.54, 1.807) is 13.2 Å². The van der Waals surface area contributed by atoms with Gasteiger partial charge in [0, 0.05) is 19.6 Å². The Morgan fingerprint density at radius 3 is 2.84 bits per heavy atom. The van der Waals surface area contributed by atoms with E-state index in [0.717, 1.165) is 23.4 Å². The molecule has 1 N–H and O–H groups in total. The number of methoxy groups -OCH3 is 1. The average Bonchev–Trinajstić information content (AvgIpc) is 2.67. The fraction of sp³-hybridized carbons (Fsp3) is 0.350. The summed E-state index contributed by atoms with van der Waals surface area (Å²) in [7, 11) is 1.61. The molecule has 4 nitrogen and oxygen atoms in total. The maximum Gasteiger partial charge on any atom is 0.230 e. The SMILES string of the molecule is COc1cccc(C(C)C(=O)N2CCNCC2c2cccc(F)c2)c1. The van der Waals surface area contributed by atoms with Gasteiger partial charge in [-0.2, -0.15) is 0 Å². The van der Waals surface area contributed by atoms with E-state index in [-0.39, 0.29) is 23.7 Å². The van der Waals surface area contributed by atoms with Gasteiger partial charge in [0.15, 0.2) is 0 Å². The average molecular weight is 342 g/mol. The van der Waals surface area contributed by atoms with E-state index in [9.17, 15) is 9.18 Å². The first-order valence-electron chi connectivity index (χ1n) is 8.50. The van der Waals surface area contributed by atoms with Gasteiger partial charge in [-0.15, -0.1) is 0 Å². The molecule has 5 heteroatoms. The molecule has 1 heterocycles. The van der Waals surface area contributed by atoms with Crippen LogP contribution in [0.15, 0.2) is 48.5 Å². The van der Waals surface area contributed by atoms with Gasteiger partial charge < -0.3 is 15.0 Å². The molecule has 0 saturated carbocycles. The maximum atomic E-state index is 13.6. The number of carbonyl (C=O) groups excluding carboxylic acids is 1. The Morgan fingerprint density at radius 1 is 1.28 bits per heavy atom. The maximum absolute atomic E-state index is 13.6. The Kier molecular flexibility index (Phi) is 5.34. The molecule has 3 rings (SSSR count). The second-order valence-electron chi connectivity index (χ2n) is 6.30. The smallest absolute Gasteiger partial charge is 0.230 e. The number of halogens is 1. The summed E-state index contributed by atoms with van der Waals surface area (Å²) in [6.07, 6.45) is 0. The lowest BCUT2D eigenvalue weighted by Gasteiger charge is -2.38. The van der Waals surface area contributed by atoms with Crippen LogP contribution in [0.3, 0.4) is 0 Å². The molecule has 1 saturated heterocycles. The van der Waals surface area contributed by atoms with Crippen LogP contribution < -0.4 is 10.1 Å². The molecule has 2 atom stereocenters. The van der Waals surface area contributed by atoms with Gasteiger partial charge in [-0.25, -0.2) is 4.39 Å². The topological polar surface area (TPSA) is 41.6 Å². The summed E-state index contributed by atoms with van der Waals surface area (Å²) in [4.78, 5) is 15.0. The van der Waals surface area contributed by atoms with Crippen LogP contribution in [0.1, 0.15) is 30.0 Å². The molecule has 132 valence electrons. The summed E-state index contributed by atoms with van der Waals surface area (Å²) in [5.41, 5.74) is 1.74. The van der Waals surface area contributed by atoms with E-state index in [1.807, 2.05) is 42.2 Å². The van der Waals surface area contributed by atoms with Crippen molar-refractivity contribution in [2.45, 2.75) is 18.9 Å². The van der Waals surface area contributed by atoms with Crippen LogP contribution in [-0.2, 0) is 4.79 Å². The fourth-order valence-corrected chi connectivity index (χ4v) is 3.28. The largest absolute Gasteiger partial charge is 0.497 e. The first-order valence-corrected chi connectivity index (χ1v) is 8.50. The fourth-order valence-electron chi connectivity index (χ4n) is 3.28. The molecule has 1 aliphatic rings. The van der Waals surface area contributed by atoms with E-state index >= 15 is 0 Å². The van der Waals surface area contributed by atoms with Crippen LogP contribution in [0.4, 0.5) is 4.39 Å². The molecule has 0 radical (unpaired) electrons. The summed E-state index contributed by atoms with van der Waals surface area (Å²) in [5, 5.41) is 3.30. The highest BCUT2D eigenvalue weighted by Crippen LogP contribution is 2.28. The van der Waals surface area contributed by atoms with Crippen molar-refractivity contribution in [1.82, 2.24) is 10.2 Å². The van der Waals surface area contributed by atoms with Crippen molar-refractivity contribution in [3.8, 4) is 5.75 Å². The quantitative estimate of drug-likeness (QED) is 0.928. The third kappa shape index (κ3) is 3.82. The molecule has 1 aliphatic heterocycles. The molecule has 2 unspecified atom stereocenters. The second-order valence-corrected chi connectivity index (χ2v) is 6.30. The van der Waals surface area contributed by atoms with Crippen LogP contribution >= 0.6 is 0 Å². The standard InChI is InChI=1S/C20H23FN2O2/c1-14(15-5-4-8-18(12-15)25-2)20(24)23-10-9-22-13-19(23)16-6-3-7-17(21)11-16/h3-8,11-12,14,19,22H,9-10,13H2,1-2H3. The molecule has 0 aromatic heterocycles. The van der Waals surface area contributed by atoms with E-state index in [2.05, 4.69) is 5.32 Å². The minimum atomic E-state index is -0.288. The van der Waals surface area contributed by atoms with E-state index in [4.69, 9.17) is 4.74 Å². The minimum Gasteiger partial charge on any atom is -0.497 e. The van der Waals surface area contributed by atoms with Crippen LogP contribution in [0.5, 0.6) is 5.75 Å². The summed E-state index contributed by atoms with van der Waals surface area (Å²) in [6, 6.07) is 13.9. The first kappa shape index (κ1) is 17.4. The molecule has 2 aromatic carbocycles. The zero-order valence-corrected chi connectivity index (χ0v) is 14.5. The van der Waals surface area contributed by atoms with Gasteiger partial charge in [-0.3, -0.25) is 4.79 Å². The van der Waals surface area contributed by atoms with E-state index in [1.165, 1.54) is 12.1 Å². The van der Waals surface area contributed by atoms with Gasteiger partial charge in [-0.1, -0.05) is 24.3 Å². The van der Waals surface area contributed by atoms with Crippen molar-refractivity contribution in [2.24, 2.45) is 0 Å². The molecule has 1 fully saturated rings. The zero-order chi connectivity index (χ0) is 17.8. The Balaban J connectivity index is 1.85. The van der Waals surface area contributed by atoms with E-state index < -0.39 is 0 Å². The highest BCUT2D eigenvalue weighted by molar-refractivity contribution is 5.84. The van der Waals surface area contributed by atoms with Crippen molar-refractivity contribution in [2.75, 3.05) is 26.7 Å². The predicted octanol–water partition coefficient (Wildman–Crippen LogP) is 3.11. The number of hydrogen-bond donors (Lipinski definition) is 1. The summed E-state index contributed by atoms with van der Waals surface area (Å²) >= 11 is 0. The Bertz CT molecular complexity index is 750. The number of benzene rings is 2. The van der Waals surface area contributed by atoms with Crippen LogP contribution in [-0.4, -0.2) is 37.6 Å². The van der Waals surface area contributed by atoms with Crippen molar-refractivity contribution >= 4 is 5.91 Å². The number of carbonyl (C=O) groups is 1. The van der Waals surface area contributed by atoms with Gasteiger partial charge in [0.05, 0.1) is 19.1 Å². The van der Waals surface area contributed by atoms with Crippen LogP contribution in [0.2, 0.25) is 0 Å². The molecule has 2 aromatic rings. The van der Waals surface area contributed by atoms with Crippen molar-refractivity contribution in [1.29, 1.82) is 0 Å². The van der Waals surface area contributed by atoms with Gasteiger partial charge in [0.1, 0.15) is 11.6 Å². The predicted molar refractivity (Wildman–Crippen MR) is 95.1 cm³/mol. The lowest BCUT2D eigenvalue weighted by atomic mass is 9.96. The van der Waals surface area contributed by atoms with Gasteiger partial charge in [0.25, 0.3) is 0 Å². The lowest BCUT2D eigenvalue weighted by molar-refractivity contribution is -0.135. The Labute approximate surface area is 147 Å². The van der Waals surface area contributed by atoms with E-state index in [0.29, 0.717) is 13.1 Å². The number of nitrogens with one attached hydrogen (secondary N) is 1. The molecular formula is C20H23FN2O2. The van der Waals surface area contributed by atoms with Crippen molar-refractivity contribution < 1.29 is 13.9 Å². The highest BCUT2D eigenvalue weighted by Gasteiger charge is 2.31. The Morgan fingerprint density at radius 2 is 2.08 bits per heavy atom. The molecular weight excluding hydrogens is 319 g/mol. The normalized spacial score (nSPS) is 18.7. The first-order chi connectivity index (χ1) is 12.1. The number of amides is 1.